The van der Waals surface area contributed by atoms with Crippen LogP contribution in [0.5, 0.6) is 0 Å². The number of aryl methyl sites for hydroxylation is 1. The van der Waals surface area contributed by atoms with Gasteiger partial charge in [-0.3, -0.25) is 0 Å². The molecular weight excluding hydrogens is 222 g/mol. The third-order valence-corrected chi connectivity index (χ3v) is 4.67. The van der Waals surface area contributed by atoms with Crippen LogP contribution >= 0.6 is 23.1 Å². The smallest absolute Gasteiger partial charge is 0.0158 e. The fraction of sp³-hybridized carbons (Fsp3) is 0.667. The minimum absolute atomic E-state index is 0.670. The Hall–Kier alpha value is 0.01000. The van der Waals surface area contributed by atoms with E-state index in [-0.39, 0.29) is 0 Å². The Labute approximate surface area is 102 Å². The van der Waals surface area contributed by atoms with Gasteiger partial charge in [0.15, 0.2) is 0 Å². The summed E-state index contributed by atoms with van der Waals surface area (Å²) in [5.74, 6) is 2.53. The molecule has 0 aliphatic carbocycles. The van der Waals surface area contributed by atoms with Crippen molar-refractivity contribution < 1.29 is 0 Å². The summed E-state index contributed by atoms with van der Waals surface area (Å²) in [6.45, 7) is 2.24. The van der Waals surface area contributed by atoms with E-state index in [0.717, 1.165) is 0 Å². The summed E-state index contributed by atoms with van der Waals surface area (Å²) in [4.78, 5) is 1.51. The van der Waals surface area contributed by atoms with Gasteiger partial charge in [-0.25, -0.2) is 0 Å². The highest BCUT2D eigenvalue weighted by Crippen LogP contribution is 2.14. The summed E-state index contributed by atoms with van der Waals surface area (Å²) in [5, 5.41) is 5.57. The lowest BCUT2D eigenvalue weighted by Crippen LogP contribution is -2.28. The molecular formula is C12H21NS2. The molecule has 0 saturated heterocycles. The Morgan fingerprint density at radius 3 is 3.00 bits per heavy atom. The number of hydrogen-bond donors (Lipinski definition) is 1. The minimum Gasteiger partial charge on any atom is -0.316 e. The quantitative estimate of drug-likeness (QED) is 0.702. The lowest BCUT2D eigenvalue weighted by atomic mass is 10.1. The van der Waals surface area contributed by atoms with Crippen LogP contribution in [0.4, 0.5) is 0 Å². The summed E-state index contributed by atoms with van der Waals surface area (Å²) >= 11 is 3.93. The molecule has 0 saturated carbocycles. The van der Waals surface area contributed by atoms with Gasteiger partial charge in [0.1, 0.15) is 0 Å². The van der Waals surface area contributed by atoms with Crippen LogP contribution in [0.15, 0.2) is 17.5 Å². The monoisotopic (exact) mass is 243 g/mol. The van der Waals surface area contributed by atoms with Crippen molar-refractivity contribution >= 4 is 23.1 Å². The van der Waals surface area contributed by atoms with Crippen LogP contribution < -0.4 is 5.32 Å². The lowest BCUT2D eigenvalue weighted by Gasteiger charge is -2.14. The van der Waals surface area contributed by atoms with Crippen LogP contribution in [0.1, 0.15) is 24.6 Å². The molecule has 0 aliphatic rings. The van der Waals surface area contributed by atoms with Crippen LogP contribution in [0, 0.1) is 0 Å². The zero-order chi connectivity index (χ0) is 10.9. The lowest BCUT2D eigenvalue weighted by molar-refractivity contribution is 0.575. The maximum Gasteiger partial charge on any atom is 0.0158 e. The van der Waals surface area contributed by atoms with Crippen LogP contribution in [-0.4, -0.2) is 24.6 Å². The first-order valence-corrected chi connectivity index (χ1v) is 7.67. The Bertz CT molecular complexity index is 234. The molecule has 1 atom stereocenters. The molecule has 1 unspecified atom stereocenters. The van der Waals surface area contributed by atoms with E-state index in [1.54, 1.807) is 0 Å². The second-order valence-corrected chi connectivity index (χ2v) is 5.86. The number of thioether (sulfide) groups is 1. The van der Waals surface area contributed by atoms with Crippen molar-refractivity contribution in [3.05, 3.63) is 22.4 Å². The third-order valence-electron chi connectivity index (χ3n) is 2.40. The van der Waals surface area contributed by atoms with Gasteiger partial charge >= 0.3 is 0 Å². The fourth-order valence-electron chi connectivity index (χ4n) is 1.45. The molecule has 0 fully saturated rings. The molecule has 1 heterocycles. The first-order chi connectivity index (χ1) is 7.36. The molecule has 0 spiro atoms. The van der Waals surface area contributed by atoms with E-state index in [9.17, 15) is 0 Å². The van der Waals surface area contributed by atoms with E-state index in [0.29, 0.717) is 6.04 Å². The van der Waals surface area contributed by atoms with E-state index >= 15 is 0 Å². The van der Waals surface area contributed by atoms with Crippen LogP contribution in [0.25, 0.3) is 0 Å². The average molecular weight is 243 g/mol. The molecule has 1 N–H and O–H groups in total. The number of thiophene rings is 1. The maximum atomic E-state index is 3.41. The van der Waals surface area contributed by atoms with Gasteiger partial charge in [0, 0.05) is 16.7 Å². The van der Waals surface area contributed by atoms with Crippen molar-refractivity contribution in [1.29, 1.82) is 0 Å². The van der Waals surface area contributed by atoms with E-state index < -0.39 is 0 Å². The van der Waals surface area contributed by atoms with E-state index in [1.165, 1.54) is 35.6 Å². The largest absolute Gasteiger partial charge is 0.316 e. The summed E-state index contributed by atoms with van der Waals surface area (Å²) in [6.07, 6.45) is 3.76. The van der Waals surface area contributed by atoms with Gasteiger partial charge in [0.2, 0.25) is 0 Å². The van der Waals surface area contributed by atoms with Crippen LogP contribution in [-0.2, 0) is 6.42 Å². The topological polar surface area (TPSA) is 12.0 Å². The van der Waals surface area contributed by atoms with Gasteiger partial charge in [-0.15, -0.1) is 11.3 Å². The Morgan fingerprint density at radius 2 is 2.40 bits per heavy atom. The SMILES string of the molecule is CCCSCC(CCc1cccs1)NC. The molecule has 1 nitrogen and oxygen atoms in total. The number of rotatable bonds is 8. The highest BCUT2D eigenvalue weighted by molar-refractivity contribution is 7.99. The Kier molecular flexibility index (Phi) is 7.14. The summed E-state index contributed by atoms with van der Waals surface area (Å²) < 4.78 is 0. The molecule has 0 radical (unpaired) electrons. The van der Waals surface area contributed by atoms with Gasteiger partial charge in [-0.1, -0.05) is 13.0 Å². The molecule has 0 bridgehead atoms. The van der Waals surface area contributed by atoms with E-state index in [1.807, 2.05) is 11.3 Å². The van der Waals surface area contributed by atoms with Crippen molar-refractivity contribution in [2.75, 3.05) is 18.6 Å². The maximum absolute atomic E-state index is 3.41. The minimum atomic E-state index is 0.670. The summed E-state index contributed by atoms with van der Waals surface area (Å²) in [6, 6.07) is 5.04. The summed E-state index contributed by atoms with van der Waals surface area (Å²) in [5.41, 5.74) is 0. The van der Waals surface area contributed by atoms with Crippen LogP contribution in [0.2, 0.25) is 0 Å². The molecule has 1 aromatic heterocycles. The molecule has 0 aliphatic heterocycles. The molecule has 0 amide bonds. The van der Waals surface area contributed by atoms with Crippen molar-refractivity contribution in [3.63, 3.8) is 0 Å². The van der Waals surface area contributed by atoms with Gasteiger partial charge in [0.05, 0.1) is 0 Å². The van der Waals surface area contributed by atoms with Crippen molar-refractivity contribution in [2.45, 2.75) is 32.2 Å². The molecule has 3 heteroatoms. The molecule has 15 heavy (non-hydrogen) atoms. The van der Waals surface area contributed by atoms with Crippen molar-refractivity contribution in [1.82, 2.24) is 5.32 Å². The zero-order valence-corrected chi connectivity index (χ0v) is 11.3. The highest BCUT2D eigenvalue weighted by atomic mass is 32.2. The predicted octanol–water partition coefficient (Wildman–Crippen LogP) is 3.41. The normalized spacial score (nSPS) is 12.9. The number of nitrogens with one attached hydrogen (secondary N) is 1. The molecule has 1 aromatic rings. The first kappa shape index (κ1) is 13.1. The summed E-state index contributed by atoms with van der Waals surface area (Å²) in [7, 11) is 2.07. The molecule has 1 rings (SSSR count). The second kappa shape index (κ2) is 8.20. The third kappa shape index (κ3) is 5.59. The van der Waals surface area contributed by atoms with Gasteiger partial charge in [0.25, 0.3) is 0 Å². The predicted molar refractivity (Wildman–Crippen MR) is 73.1 cm³/mol. The zero-order valence-electron chi connectivity index (χ0n) is 9.66. The van der Waals surface area contributed by atoms with Crippen molar-refractivity contribution in [2.24, 2.45) is 0 Å². The number of hydrogen-bond acceptors (Lipinski definition) is 3. The first-order valence-electron chi connectivity index (χ1n) is 5.64. The van der Waals surface area contributed by atoms with E-state index in [2.05, 4.69) is 48.6 Å². The van der Waals surface area contributed by atoms with Crippen LogP contribution in [0.3, 0.4) is 0 Å². The van der Waals surface area contributed by atoms with Crippen molar-refractivity contribution in [3.8, 4) is 0 Å². The van der Waals surface area contributed by atoms with Gasteiger partial charge in [-0.05, 0) is 43.5 Å². The van der Waals surface area contributed by atoms with E-state index in [4.69, 9.17) is 0 Å². The van der Waals surface area contributed by atoms with Gasteiger partial charge in [-0.2, -0.15) is 11.8 Å². The highest BCUT2D eigenvalue weighted by Gasteiger charge is 2.06. The Balaban J connectivity index is 2.16. The fourth-order valence-corrected chi connectivity index (χ4v) is 3.25. The van der Waals surface area contributed by atoms with Gasteiger partial charge < -0.3 is 5.32 Å². The standard InChI is InChI=1S/C12H21NS2/c1-3-8-14-10-11(13-2)6-7-12-5-4-9-15-12/h4-5,9,11,13H,3,6-8,10H2,1-2H3. The Morgan fingerprint density at radius 1 is 1.53 bits per heavy atom. The molecule has 0 aromatic carbocycles. The molecule has 86 valence electrons. The second-order valence-electron chi connectivity index (χ2n) is 3.68. The average Bonchev–Trinajstić information content (AvgIpc) is 2.76.